The first-order chi connectivity index (χ1) is 17.7. The van der Waals surface area contributed by atoms with E-state index in [0.29, 0.717) is 5.69 Å². The highest BCUT2D eigenvalue weighted by Crippen LogP contribution is 2.63. The summed E-state index contributed by atoms with van der Waals surface area (Å²) < 4.78 is 7.32. The molecule has 0 amide bonds. The quantitative estimate of drug-likeness (QED) is 0.323. The van der Waals surface area contributed by atoms with Crippen LogP contribution in [-0.4, -0.2) is 5.27 Å². The third-order valence-corrected chi connectivity index (χ3v) is 8.08. The molecule has 0 saturated heterocycles. The molecule has 174 valence electrons. The second kappa shape index (κ2) is 7.79. The number of hydrogen-bond donors (Lipinski definition) is 1. The molecular formula is C32H25N2O2+. The second-order valence-corrected chi connectivity index (χ2v) is 9.81. The molecule has 0 spiro atoms. The SMILES string of the molecule is O=c1o[nH][n+]2c1C1(/C=C/c3ccccc3)CCC1(/C=C/c1ccccc1)c1cc3ccccc3cc1-2. The van der Waals surface area contributed by atoms with Crippen LogP contribution >= 0.6 is 0 Å². The summed E-state index contributed by atoms with van der Waals surface area (Å²) in [5.41, 5.74) is 3.83. The van der Waals surface area contributed by atoms with Crippen LogP contribution in [0.2, 0.25) is 0 Å². The van der Waals surface area contributed by atoms with E-state index in [-0.39, 0.29) is 11.0 Å². The number of rotatable bonds is 4. The van der Waals surface area contributed by atoms with Crippen molar-refractivity contribution in [3.63, 3.8) is 0 Å². The van der Waals surface area contributed by atoms with Gasteiger partial charge in [-0.05, 0) is 50.8 Å². The molecule has 1 aliphatic heterocycles. The van der Waals surface area contributed by atoms with Crippen LogP contribution in [0, 0.1) is 0 Å². The van der Waals surface area contributed by atoms with Crippen molar-refractivity contribution >= 4 is 22.9 Å². The van der Waals surface area contributed by atoms with Crippen LogP contribution in [-0.2, 0) is 10.8 Å². The predicted molar refractivity (Wildman–Crippen MR) is 142 cm³/mol. The maximum atomic E-state index is 13.3. The summed E-state index contributed by atoms with van der Waals surface area (Å²) in [6.45, 7) is 0. The zero-order valence-electron chi connectivity index (χ0n) is 19.7. The van der Waals surface area contributed by atoms with Gasteiger partial charge in [0.1, 0.15) is 0 Å². The minimum atomic E-state index is -0.538. The highest BCUT2D eigenvalue weighted by atomic mass is 16.5. The molecule has 2 heterocycles. The molecule has 1 fully saturated rings. The molecule has 7 rings (SSSR count). The van der Waals surface area contributed by atoms with Gasteiger partial charge in [0.05, 0.1) is 5.41 Å². The Labute approximate surface area is 208 Å². The predicted octanol–water partition coefficient (Wildman–Crippen LogP) is 6.11. The molecule has 4 heteroatoms. The van der Waals surface area contributed by atoms with E-state index in [1.807, 2.05) is 35.0 Å². The lowest BCUT2D eigenvalue weighted by atomic mass is 9.44. The Morgan fingerprint density at radius 1 is 0.722 bits per heavy atom. The van der Waals surface area contributed by atoms with Crippen molar-refractivity contribution in [2.45, 2.75) is 23.7 Å². The van der Waals surface area contributed by atoms with Crippen LogP contribution in [0.1, 0.15) is 35.2 Å². The summed E-state index contributed by atoms with van der Waals surface area (Å²) in [5.74, 6) is 0. The third-order valence-electron chi connectivity index (χ3n) is 8.08. The summed E-state index contributed by atoms with van der Waals surface area (Å²) in [4.78, 5) is 13.3. The van der Waals surface area contributed by atoms with Gasteiger partial charge in [-0.25, -0.2) is 4.79 Å². The van der Waals surface area contributed by atoms with E-state index in [4.69, 9.17) is 4.52 Å². The first-order valence-corrected chi connectivity index (χ1v) is 12.4. The number of aromatic amines is 1. The van der Waals surface area contributed by atoms with Crippen LogP contribution in [0.4, 0.5) is 0 Å². The van der Waals surface area contributed by atoms with Crippen molar-refractivity contribution in [2.75, 3.05) is 0 Å². The fourth-order valence-corrected chi connectivity index (χ4v) is 6.20. The molecule has 2 aliphatic rings. The fraction of sp³-hybridized carbons (Fsp3) is 0.125. The lowest BCUT2D eigenvalue weighted by molar-refractivity contribution is -0.685. The van der Waals surface area contributed by atoms with Crippen molar-refractivity contribution in [2.24, 2.45) is 0 Å². The molecule has 5 aromatic rings. The van der Waals surface area contributed by atoms with Gasteiger partial charge in [0, 0.05) is 17.0 Å². The molecule has 4 nitrogen and oxygen atoms in total. The minimum Gasteiger partial charge on any atom is -0.283 e. The molecule has 0 radical (unpaired) electrons. The summed E-state index contributed by atoms with van der Waals surface area (Å²) >= 11 is 0. The summed E-state index contributed by atoms with van der Waals surface area (Å²) in [7, 11) is 0. The number of nitrogens with zero attached hydrogens (tertiary/aromatic N) is 1. The Morgan fingerprint density at radius 2 is 1.28 bits per heavy atom. The van der Waals surface area contributed by atoms with Crippen LogP contribution in [0.25, 0.3) is 28.6 Å². The van der Waals surface area contributed by atoms with E-state index >= 15 is 0 Å². The number of aromatic nitrogens is 2. The van der Waals surface area contributed by atoms with Crippen molar-refractivity contribution in [3.8, 4) is 5.69 Å². The van der Waals surface area contributed by atoms with E-state index in [2.05, 4.69) is 96.3 Å². The Hall–Kier alpha value is -4.44. The highest BCUT2D eigenvalue weighted by Gasteiger charge is 2.68. The van der Waals surface area contributed by atoms with Gasteiger partial charge in [-0.1, -0.05) is 109 Å². The zero-order valence-corrected chi connectivity index (χ0v) is 19.7. The summed E-state index contributed by atoms with van der Waals surface area (Å²) in [5, 5.41) is 5.23. The van der Waals surface area contributed by atoms with Crippen molar-refractivity contribution in [3.05, 3.63) is 142 Å². The van der Waals surface area contributed by atoms with E-state index < -0.39 is 5.41 Å². The second-order valence-electron chi connectivity index (χ2n) is 9.81. The average molecular weight is 470 g/mol. The van der Waals surface area contributed by atoms with Gasteiger partial charge in [0.2, 0.25) is 5.69 Å². The number of H-pyrrole nitrogens is 1. The Bertz CT molecular complexity index is 1710. The number of nitrogens with one attached hydrogen (secondary N) is 1. The smallest absolute Gasteiger partial charge is 0.283 e. The largest absolute Gasteiger partial charge is 0.431 e. The van der Waals surface area contributed by atoms with Crippen molar-refractivity contribution < 1.29 is 9.20 Å². The minimum absolute atomic E-state index is 0.316. The molecular weight excluding hydrogens is 444 g/mol. The topological polar surface area (TPSA) is 49.9 Å². The van der Waals surface area contributed by atoms with Gasteiger partial charge >= 0.3 is 11.3 Å². The molecule has 0 bridgehead atoms. The molecule has 1 aliphatic carbocycles. The molecule has 2 atom stereocenters. The number of benzene rings is 4. The first-order valence-electron chi connectivity index (χ1n) is 12.4. The maximum absolute atomic E-state index is 13.3. The summed E-state index contributed by atoms with van der Waals surface area (Å²) in [6.07, 6.45) is 10.7. The van der Waals surface area contributed by atoms with Crippen molar-refractivity contribution in [1.29, 1.82) is 0 Å². The average Bonchev–Trinajstić information content (AvgIpc) is 3.30. The molecule has 1 N–H and O–H groups in total. The molecule has 36 heavy (non-hydrogen) atoms. The zero-order chi connectivity index (χ0) is 24.2. The Balaban J connectivity index is 1.52. The highest BCUT2D eigenvalue weighted by molar-refractivity contribution is 5.86. The number of fused-ring (bicyclic) bond motifs is 7. The van der Waals surface area contributed by atoms with Crippen LogP contribution in [0.3, 0.4) is 0 Å². The van der Waals surface area contributed by atoms with Gasteiger partial charge in [0.15, 0.2) is 0 Å². The van der Waals surface area contributed by atoms with Crippen LogP contribution < -0.4 is 10.3 Å². The van der Waals surface area contributed by atoms with Gasteiger partial charge in [-0.3, -0.25) is 4.52 Å². The van der Waals surface area contributed by atoms with Crippen LogP contribution in [0.5, 0.6) is 0 Å². The van der Waals surface area contributed by atoms with E-state index in [1.165, 1.54) is 10.9 Å². The van der Waals surface area contributed by atoms with Gasteiger partial charge < -0.3 is 0 Å². The number of allylic oxidation sites excluding steroid dienone is 2. The van der Waals surface area contributed by atoms with Gasteiger partial charge in [0.25, 0.3) is 0 Å². The normalized spacial score (nSPS) is 22.3. The third kappa shape index (κ3) is 2.88. The van der Waals surface area contributed by atoms with Gasteiger partial charge in [-0.15, -0.1) is 0 Å². The first kappa shape index (κ1) is 20.9. The molecule has 1 aromatic heterocycles. The van der Waals surface area contributed by atoms with Gasteiger partial charge in [-0.2, -0.15) is 0 Å². The number of hydrogen-bond acceptors (Lipinski definition) is 2. The fourth-order valence-electron chi connectivity index (χ4n) is 6.20. The summed E-state index contributed by atoms with van der Waals surface area (Å²) in [6, 6.07) is 33.5. The lowest BCUT2D eigenvalue weighted by Crippen LogP contribution is -2.66. The molecule has 1 saturated carbocycles. The van der Waals surface area contributed by atoms with E-state index in [9.17, 15) is 4.79 Å². The molecule has 2 unspecified atom stereocenters. The standard InChI is InChI=1S/C32H24N2O2/c35-30-29-32(18-16-24-11-5-2-6-12-24)20-19-31(32,17-15-23-9-3-1-4-10-23)27-21-25-13-7-8-14-26(25)22-28(27)34(29)33-36-30/h1-18,21-22H,19-20H2/p+1/b17-15+,18-16+. The van der Waals surface area contributed by atoms with E-state index in [0.717, 1.165) is 35.0 Å². The lowest BCUT2D eigenvalue weighted by Gasteiger charge is -2.55. The van der Waals surface area contributed by atoms with E-state index in [1.54, 1.807) is 0 Å². The Morgan fingerprint density at radius 3 is 1.89 bits per heavy atom. The Kier molecular flexibility index (Phi) is 4.52. The van der Waals surface area contributed by atoms with Crippen molar-refractivity contribution in [1.82, 2.24) is 5.27 Å². The van der Waals surface area contributed by atoms with Crippen LogP contribution in [0.15, 0.2) is 119 Å². The monoisotopic (exact) mass is 469 g/mol. The maximum Gasteiger partial charge on any atom is 0.431 e. The molecule has 4 aromatic carbocycles.